The van der Waals surface area contributed by atoms with Crippen molar-refractivity contribution in [1.82, 2.24) is 4.98 Å². The highest BCUT2D eigenvalue weighted by molar-refractivity contribution is 5.88. The predicted octanol–water partition coefficient (Wildman–Crippen LogP) is 1.40. The van der Waals surface area contributed by atoms with E-state index in [9.17, 15) is 13.6 Å². The summed E-state index contributed by atoms with van der Waals surface area (Å²) in [6, 6.07) is 0.895. The zero-order valence-corrected chi connectivity index (χ0v) is 8.66. The van der Waals surface area contributed by atoms with Crippen molar-refractivity contribution in [3.05, 3.63) is 17.3 Å². The molecular formula is C9H10F2N2O3. The third kappa shape index (κ3) is 2.18. The quantitative estimate of drug-likeness (QED) is 0.797. The molecule has 0 aliphatic carbocycles. The first-order chi connectivity index (χ1) is 7.51. The van der Waals surface area contributed by atoms with Crippen LogP contribution in [-0.2, 0) is 4.74 Å². The number of hydrogen-bond donors (Lipinski definition) is 1. The number of hydrogen-bond acceptors (Lipinski definition) is 5. The molecule has 0 spiro atoms. The average molecular weight is 232 g/mol. The van der Waals surface area contributed by atoms with E-state index in [1.165, 1.54) is 7.11 Å². The summed E-state index contributed by atoms with van der Waals surface area (Å²) in [6.07, 6.45) is -2.82. The Bertz CT molecular complexity index is 410. The van der Waals surface area contributed by atoms with Crippen LogP contribution in [-0.4, -0.2) is 25.2 Å². The van der Waals surface area contributed by atoms with Crippen LogP contribution in [0.15, 0.2) is 6.07 Å². The molecule has 0 saturated carbocycles. The summed E-state index contributed by atoms with van der Waals surface area (Å²) >= 11 is 0. The SMILES string of the molecule is COC(=O)c1cc(C(F)F)c(OC)c(N)n1. The van der Waals surface area contributed by atoms with Gasteiger partial charge in [0.1, 0.15) is 0 Å². The number of pyridine rings is 1. The predicted molar refractivity (Wildman–Crippen MR) is 51.5 cm³/mol. The summed E-state index contributed by atoms with van der Waals surface area (Å²) in [7, 11) is 2.31. The van der Waals surface area contributed by atoms with Gasteiger partial charge in [0, 0.05) is 0 Å². The Morgan fingerprint density at radius 3 is 2.56 bits per heavy atom. The Labute approximate surface area is 90.2 Å². The van der Waals surface area contributed by atoms with Crippen LogP contribution >= 0.6 is 0 Å². The maximum Gasteiger partial charge on any atom is 0.356 e. The molecule has 2 N–H and O–H groups in total. The van der Waals surface area contributed by atoms with Crippen LogP contribution in [0.1, 0.15) is 22.5 Å². The van der Waals surface area contributed by atoms with E-state index in [2.05, 4.69) is 14.5 Å². The minimum Gasteiger partial charge on any atom is -0.492 e. The Balaban J connectivity index is 3.33. The van der Waals surface area contributed by atoms with Gasteiger partial charge in [-0.3, -0.25) is 0 Å². The first-order valence-corrected chi connectivity index (χ1v) is 4.22. The highest BCUT2D eigenvalue weighted by Crippen LogP contribution is 2.33. The molecule has 0 atom stereocenters. The molecule has 0 bridgehead atoms. The third-order valence-corrected chi connectivity index (χ3v) is 1.86. The van der Waals surface area contributed by atoms with E-state index in [4.69, 9.17) is 5.73 Å². The average Bonchev–Trinajstić information content (AvgIpc) is 2.26. The van der Waals surface area contributed by atoms with Crippen LogP contribution in [0.25, 0.3) is 0 Å². The van der Waals surface area contributed by atoms with Gasteiger partial charge < -0.3 is 15.2 Å². The van der Waals surface area contributed by atoms with Crippen LogP contribution in [0.4, 0.5) is 14.6 Å². The number of anilines is 1. The highest BCUT2D eigenvalue weighted by Gasteiger charge is 2.21. The summed E-state index contributed by atoms with van der Waals surface area (Å²) in [5.41, 5.74) is 4.61. The van der Waals surface area contributed by atoms with Crippen molar-refractivity contribution in [2.45, 2.75) is 6.43 Å². The molecule has 0 aromatic carbocycles. The summed E-state index contributed by atoms with van der Waals surface area (Å²) in [6.45, 7) is 0. The van der Waals surface area contributed by atoms with E-state index < -0.39 is 18.0 Å². The molecule has 0 aliphatic rings. The monoisotopic (exact) mass is 232 g/mol. The van der Waals surface area contributed by atoms with Gasteiger partial charge in [-0.1, -0.05) is 0 Å². The molecule has 0 amide bonds. The highest BCUT2D eigenvalue weighted by atomic mass is 19.3. The van der Waals surface area contributed by atoms with Gasteiger partial charge >= 0.3 is 5.97 Å². The lowest BCUT2D eigenvalue weighted by Crippen LogP contribution is -2.09. The lowest BCUT2D eigenvalue weighted by Gasteiger charge is -2.11. The van der Waals surface area contributed by atoms with E-state index in [0.717, 1.165) is 13.2 Å². The second-order valence-corrected chi connectivity index (χ2v) is 2.81. The number of methoxy groups -OCH3 is 2. The number of carbonyl (C=O) groups is 1. The summed E-state index contributed by atoms with van der Waals surface area (Å²) in [5.74, 6) is -1.35. The minimum atomic E-state index is -2.82. The van der Waals surface area contributed by atoms with Gasteiger partial charge in [-0.2, -0.15) is 0 Å². The van der Waals surface area contributed by atoms with Crippen LogP contribution in [0.2, 0.25) is 0 Å². The lowest BCUT2D eigenvalue weighted by molar-refractivity contribution is 0.0593. The summed E-state index contributed by atoms with van der Waals surface area (Å²) in [5, 5.41) is 0. The fourth-order valence-electron chi connectivity index (χ4n) is 1.17. The number of halogens is 2. The molecule has 0 aliphatic heterocycles. The van der Waals surface area contributed by atoms with Crippen molar-refractivity contribution >= 4 is 11.8 Å². The molecule has 0 unspecified atom stereocenters. The maximum atomic E-state index is 12.6. The second kappa shape index (κ2) is 4.73. The van der Waals surface area contributed by atoms with E-state index in [1.54, 1.807) is 0 Å². The van der Waals surface area contributed by atoms with Crippen molar-refractivity contribution in [3.63, 3.8) is 0 Å². The first-order valence-electron chi connectivity index (χ1n) is 4.22. The topological polar surface area (TPSA) is 74.4 Å². The fourth-order valence-corrected chi connectivity index (χ4v) is 1.17. The lowest BCUT2D eigenvalue weighted by atomic mass is 10.2. The standard InChI is InChI=1S/C9H10F2N2O3/c1-15-6-4(7(10)11)3-5(9(14)16-2)13-8(6)12/h3,7H,1-2H3,(H2,12,13). The minimum absolute atomic E-state index is 0.234. The van der Waals surface area contributed by atoms with Gasteiger partial charge in [0.05, 0.1) is 19.8 Å². The van der Waals surface area contributed by atoms with Crippen LogP contribution in [0.3, 0.4) is 0 Å². The number of nitrogens with zero attached hydrogens (tertiary/aromatic N) is 1. The molecular weight excluding hydrogens is 222 g/mol. The number of nitrogen functional groups attached to an aromatic ring is 1. The van der Waals surface area contributed by atoms with Crippen LogP contribution < -0.4 is 10.5 Å². The van der Waals surface area contributed by atoms with Crippen molar-refractivity contribution in [2.24, 2.45) is 0 Å². The normalized spacial score (nSPS) is 10.3. The maximum absolute atomic E-state index is 12.6. The summed E-state index contributed by atoms with van der Waals surface area (Å²) < 4.78 is 34.3. The Kier molecular flexibility index (Phi) is 3.60. The molecule has 7 heteroatoms. The molecule has 5 nitrogen and oxygen atoms in total. The van der Waals surface area contributed by atoms with Gasteiger partial charge in [-0.25, -0.2) is 18.6 Å². The molecule has 0 fully saturated rings. The van der Waals surface area contributed by atoms with Gasteiger partial charge in [0.25, 0.3) is 6.43 Å². The number of ether oxygens (including phenoxy) is 2. The number of esters is 1. The fraction of sp³-hybridized carbons (Fsp3) is 0.333. The Hall–Kier alpha value is -1.92. The second-order valence-electron chi connectivity index (χ2n) is 2.81. The first kappa shape index (κ1) is 12.2. The van der Waals surface area contributed by atoms with Crippen LogP contribution in [0.5, 0.6) is 5.75 Å². The zero-order valence-electron chi connectivity index (χ0n) is 8.66. The number of rotatable bonds is 3. The molecule has 0 saturated heterocycles. The number of aromatic nitrogens is 1. The van der Waals surface area contributed by atoms with E-state index in [-0.39, 0.29) is 17.3 Å². The van der Waals surface area contributed by atoms with Gasteiger partial charge in [-0.15, -0.1) is 0 Å². The Morgan fingerprint density at radius 2 is 2.12 bits per heavy atom. The summed E-state index contributed by atoms with van der Waals surface area (Å²) in [4.78, 5) is 14.7. The number of alkyl halides is 2. The molecule has 88 valence electrons. The van der Waals surface area contributed by atoms with Crippen LogP contribution in [0, 0.1) is 0 Å². The molecule has 0 radical (unpaired) electrons. The van der Waals surface area contributed by atoms with Crippen molar-refractivity contribution < 1.29 is 23.0 Å². The van der Waals surface area contributed by atoms with E-state index in [1.807, 2.05) is 0 Å². The zero-order chi connectivity index (χ0) is 12.3. The van der Waals surface area contributed by atoms with Gasteiger partial charge in [-0.05, 0) is 6.07 Å². The largest absolute Gasteiger partial charge is 0.492 e. The molecule has 1 aromatic heterocycles. The van der Waals surface area contributed by atoms with Gasteiger partial charge in [0.2, 0.25) is 0 Å². The van der Waals surface area contributed by atoms with Crippen molar-refractivity contribution in [2.75, 3.05) is 20.0 Å². The smallest absolute Gasteiger partial charge is 0.356 e. The van der Waals surface area contributed by atoms with Crippen molar-refractivity contribution in [1.29, 1.82) is 0 Å². The number of nitrogens with two attached hydrogens (primary N) is 1. The molecule has 1 aromatic rings. The number of carbonyl (C=O) groups excluding carboxylic acids is 1. The molecule has 16 heavy (non-hydrogen) atoms. The van der Waals surface area contributed by atoms with E-state index in [0.29, 0.717) is 0 Å². The third-order valence-electron chi connectivity index (χ3n) is 1.86. The van der Waals surface area contributed by atoms with Crippen molar-refractivity contribution in [3.8, 4) is 5.75 Å². The van der Waals surface area contributed by atoms with E-state index >= 15 is 0 Å². The molecule has 1 rings (SSSR count). The Morgan fingerprint density at radius 1 is 1.50 bits per heavy atom. The molecule has 1 heterocycles. The van der Waals surface area contributed by atoms with Gasteiger partial charge in [0.15, 0.2) is 17.3 Å².